The fourth-order valence-electron chi connectivity index (χ4n) is 5.73. The van der Waals surface area contributed by atoms with Crippen molar-refractivity contribution in [3.63, 3.8) is 0 Å². The van der Waals surface area contributed by atoms with Gasteiger partial charge < -0.3 is 20.4 Å². The van der Waals surface area contributed by atoms with Gasteiger partial charge in [0.15, 0.2) is 0 Å². The molecule has 8 nitrogen and oxygen atoms in total. The highest BCUT2D eigenvalue weighted by Crippen LogP contribution is 2.31. The molecule has 1 amide bonds. The molecule has 0 saturated carbocycles. The predicted molar refractivity (Wildman–Crippen MR) is 164 cm³/mol. The number of H-pyrrole nitrogens is 1. The lowest BCUT2D eigenvalue weighted by atomic mass is 9.88. The van der Waals surface area contributed by atoms with Gasteiger partial charge in [-0.2, -0.15) is 0 Å². The Hall–Kier alpha value is -4.61. The summed E-state index contributed by atoms with van der Waals surface area (Å²) < 4.78 is 49.5. The molecule has 4 heterocycles. The van der Waals surface area contributed by atoms with Crippen LogP contribution in [0.15, 0.2) is 67.3 Å². The summed E-state index contributed by atoms with van der Waals surface area (Å²) in [5, 5.41) is 6.25. The molecule has 0 spiro atoms. The lowest BCUT2D eigenvalue weighted by molar-refractivity contribution is -0.116. The normalized spacial score (nSPS) is 17.4. The van der Waals surface area contributed by atoms with Crippen molar-refractivity contribution in [2.75, 3.05) is 18.5 Å². The predicted octanol–water partition coefficient (Wildman–Crippen LogP) is 6.21. The van der Waals surface area contributed by atoms with Gasteiger partial charge in [-0.25, -0.2) is 18.2 Å². The van der Waals surface area contributed by atoms with E-state index in [2.05, 4.69) is 51.6 Å². The van der Waals surface area contributed by atoms with Crippen LogP contribution in [0.4, 0.5) is 18.9 Å². The maximum atomic E-state index is 15.0. The maximum absolute atomic E-state index is 15.0. The van der Waals surface area contributed by atoms with E-state index >= 15 is 4.39 Å². The number of fused-ring (bicyclic) bond motifs is 1. The van der Waals surface area contributed by atoms with Crippen molar-refractivity contribution in [1.82, 2.24) is 25.3 Å². The molecular formula is C34H33F3N6O2. The minimum absolute atomic E-state index is 0.0962. The second-order valence-corrected chi connectivity index (χ2v) is 11.4. The first-order chi connectivity index (χ1) is 21.7. The molecular weight excluding hydrogens is 581 g/mol. The van der Waals surface area contributed by atoms with Crippen LogP contribution in [0, 0.1) is 31.3 Å². The molecule has 0 radical (unpaired) electrons. The second kappa shape index (κ2) is 13.2. The summed E-state index contributed by atoms with van der Waals surface area (Å²) in [6.07, 6.45) is 5.47. The minimum atomic E-state index is -0.715. The van der Waals surface area contributed by atoms with E-state index in [1.54, 1.807) is 0 Å². The molecule has 0 aliphatic carbocycles. The van der Waals surface area contributed by atoms with Gasteiger partial charge in [0.25, 0.3) is 0 Å². The van der Waals surface area contributed by atoms with Crippen molar-refractivity contribution in [2.45, 2.75) is 51.2 Å². The standard InChI is InChI=1S/C34H33F3N6O2/c1-19-11-29-30(12-20(19)2)43-34(42-29)32-18-45-23(14-40-32)7-8-25-28(37)16-39-17-31(25)41-33(44)13-26(21-3-5-22(35)6-4-21)24-9-10-38-15-27(24)36/h3-6,9-12,15-17,23,26,32,40H,7-8,13-14,18H2,1-2H3,(H,41,44)(H,42,43)/t23-,26?,32+/m1/s1. The van der Waals surface area contributed by atoms with E-state index in [-0.39, 0.29) is 29.8 Å². The molecule has 1 fully saturated rings. The molecule has 1 unspecified atom stereocenters. The van der Waals surface area contributed by atoms with Crippen LogP contribution in [-0.2, 0) is 16.0 Å². The molecule has 5 aromatic rings. The van der Waals surface area contributed by atoms with E-state index in [0.717, 1.165) is 29.3 Å². The number of anilines is 1. The third-order valence-electron chi connectivity index (χ3n) is 8.37. The van der Waals surface area contributed by atoms with E-state index in [9.17, 15) is 13.6 Å². The minimum Gasteiger partial charge on any atom is -0.375 e. The topological polar surface area (TPSA) is 105 Å². The third kappa shape index (κ3) is 6.89. The quantitative estimate of drug-likeness (QED) is 0.182. The number of aromatic amines is 1. The third-order valence-corrected chi connectivity index (χ3v) is 8.37. The zero-order chi connectivity index (χ0) is 31.5. The van der Waals surface area contributed by atoms with Crippen LogP contribution in [0.25, 0.3) is 11.0 Å². The number of imidazole rings is 1. The van der Waals surface area contributed by atoms with Crippen molar-refractivity contribution in [3.8, 4) is 0 Å². The van der Waals surface area contributed by atoms with Gasteiger partial charge in [-0.1, -0.05) is 12.1 Å². The molecule has 1 saturated heterocycles. The monoisotopic (exact) mass is 614 g/mol. The Kier molecular flexibility index (Phi) is 8.90. The summed E-state index contributed by atoms with van der Waals surface area (Å²) in [5.41, 5.74) is 5.62. The fourth-order valence-corrected chi connectivity index (χ4v) is 5.73. The summed E-state index contributed by atoms with van der Waals surface area (Å²) >= 11 is 0. The molecule has 6 rings (SSSR count). The number of morpholine rings is 1. The average Bonchev–Trinajstić information content (AvgIpc) is 3.43. The number of hydrogen-bond donors (Lipinski definition) is 3. The van der Waals surface area contributed by atoms with Gasteiger partial charge in [-0.3, -0.25) is 14.8 Å². The first-order valence-electron chi connectivity index (χ1n) is 14.8. The van der Waals surface area contributed by atoms with Gasteiger partial charge in [0.05, 0.1) is 54.1 Å². The largest absolute Gasteiger partial charge is 0.375 e. The maximum Gasteiger partial charge on any atom is 0.225 e. The lowest BCUT2D eigenvalue weighted by Crippen LogP contribution is -2.41. The van der Waals surface area contributed by atoms with Crippen LogP contribution < -0.4 is 10.6 Å². The SMILES string of the molecule is Cc1cc2nc([C@@H]3CO[C@H](CCc4c(F)cncc4NC(=O)CC(c4ccc(F)cc4)c4ccncc4F)CN3)[nH]c2cc1C. The van der Waals surface area contributed by atoms with Gasteiger partial charge >= 0.3 is 0 Å². The van der Waals surface area contributed by atoms with Crippen molar-refractivity contribution in [3.05, 3.63) is 118 Å². The number of ether oxygens (including phenoxy) is 1. The van der Waals surface area contributed by atoms with Gasteiger partial charge in [0.1, 0.15) is 23.3 Å². The molecule has 45 heavy (non-hydrogen) atoms. The zero-order valence-electron chi connectivity index (χ0n) is 24.9. The number of hydrogen-bond acceptors (Lipinski definition) is 6. The highest BCUT2D eigenvalue weighted by atomic mass is 19.1. The Morgan fingerprint density at radius 2 is 1.80 bits per heavy atom. The van der Waals surface area contributed by atoms with Gasteiger partial charge in [0, 0.05) is 30.6 Å². The number of carbonyl (C=O) groups is 1. The summed E-state index contributed by atoms with van der Waals surface area (Å²) in [6.45, 7) is 5.08. The summed E-state index contributed by atoms with van der Waals surface area (Å²) in [5.74, 6) is -1.94. The number of benzene rings is 2. The average molecular weight is 615 g/mol. The molecule has 1 aliphatic heterocycles. The van der Waals surface area contributed by atoms with E-state index in [4.69, 9.17) is 9.72 Å². The van der Waals surface area contributed by atoms with E-state index in [1.165, 1.54) is 53.9 Å². The Morgan fingerprint density at radius 3 is 2.56 bits per heavy atom. The van der Waals surface area contributed by atoms with E-state index in [0.29, 0.717) is 37.1 Å². The Labute approximate surface area is 258 Å². The molecule has 11 heteroatoms. The first kappa shape index (κ1) is 30.4. The van der Waals surface area contributed by atoms with E-state index < -0.39 is 29.3 Å². The summed E-state index contributed by atoms with van der Waals surface area (Å²) in [4.78, 5) is 29.1. The van der Waals surface area contributed by atoms with Gasteiger partial charge in [0.2, 0.25) is 5.91 Å². The first-order valence-corrected chi connectivity index (χ1v) is 14.8. The molecule has 3 aromatic heterocycles. The molecule has 3 N–H and O–H groups in total. The molecule has 3 atom stereocenters. The van der Waals surface area contributed by atoms with Gasteiger partial charge in [-0.05, 0) is 79.3 Å². The van der Waals surface area contributed by atoms with Crippen molar-refractivity contribution < 1.29 is 22.7 Å². The number of nitrogens with one attached hydrogen (secondary N) is 3. The van der Waals surface area contributed by atoms with Crippen molar-refractivity contribution >= 4 is 22.6 Å². The number of pyridine rings is 2. The van der Waals surface area contributed by atoms with Crippen molar-refractivity contribution in [1.29, 1.82) is 0 Å². The van der Waals surface area contributed by atoms with Gasteiger partial charge in [-0.15, -0.1) is 0 Å². The van der Waals surface area contributed by atoms with Crippen LogP contribution in [0.1, 0.15) is 58.4 Å². The number of aromatic nitrogens is 4. The molecule has 1 aliphatic rings. The lowest BCUT2D eigenvalue weighted by Gasteiger charge is -2.29. The van der Waals surface area contributed by atoms with E-state index in [1.807, 2.05) is 0 Å². The van der Waals surface area contributed by atoms with Crippen molar-refractivity contribution in [2.24, 2.45) is 0 Å². The van der Waals surface area contributed by atoms with Crippen LogP contribution in [0.3, 0.4) is 0 Å². The number of aryl methyl sites for hydroxylation is 2. The van der Waals surface area contributed by atoms with Crippen LogP contribution >= 0.6 is 0 Å². The summed E-state index contributed by atoms with van der Waals surface area (Å²) in [7, 11) is 0. The molecule has 0 bridgehead atoms. The second-order valence-electron chi connectivity index (χ2n) is 11.4. The molecule has 232 valence electrons. The Bertz CT molecular complexity index is 1780. The highest BCUT2D eigenvalue weighted by molar-refractivity contribution is 5.92. The van der Waals surface area contributed by atoms with Crippen LogP contribution in [-0.4, -0.2) is 45.1 Å². The number of amides is 1. The summed E-state index contributed by atoms with van der Waals surface area (Å²) in [6, 6.07) is 11.1. The molecule has 2 aromatic carbocycles. The Morgan fingerprint density at radius 1 is 1.02 bits per heavy atom. The Balaban J connectivity index is 1.10. The van der Waals surface area contributed by atoms with Crippen LogP contribution in [0.2, 0.25) is 0 Å². The highest BCUT2D eigenvalue weighted by Gasteiger charge is 2.26. The number of carbonyl (C=O) groups excluding carboxylic acids is 1. The number of halogens is 3. The number of nitrogens with zero attached hydrogens (tertiary/aromatic N) is 3. The fraction of sp³-hybridized carbons (Fsp3) is 0.294. The number of rotatable bonds is 9. The smallest absolute Gasteiger partial charge is 0.225 e. The van der Waals surface area contributed by atoms with Crippen LogP contribution in [0.5, 0.6) is 0 Å². The zero-order valence-corrected chi connectivity index (χ0v) is 24.9.